The minimum atomic E-state index is 0.400. The molecule has 0 aromatic carbocycles. The van der Waals surface area contributed by atoms with E-state index in [9.17, 15) is 0 Å². The number of thiophene rings is 1. The average Bonchev–Trinajstić information content (AvgIpc) is 2.63. The van der Waals surface area contributed by atoms with E-state index in [0.29, 0.717) is 5.41 Å². The van der Waals surface area contributed by atoms with Gasteiger partial charge in [-0.15, -0.1) is 11.3 Å². The van der Waals surface area contributed by atoms with Gasteiger partial charge in [-0.2, -0.15) is 0 Å². The minimum Gasteiger partial charge on any atom is -0.313 e. The molecule has 16 heavy (non-hydrogen) atoms. The number of nitrogens with one attached hydrogen (secondary N) is 1. The summed E-state index contributed by atoms with van der Waals surface area (Å²) in [4.78, 5) is 1.64. The second-order valence-corrected chi connectivity index (χ2v) is 6.44. The van der Waals surface area contributed by atoms with Gasteiger partial charge in [0.05, 0.1) is 0 Å². The van der Waals surface area contributed by atoms with Gasteiger partial charge in [0, 0.05) is 11.4 Å². The molecule has 1 aromatic heterocycles. The minimum absolute atomic E-state index is 0.400. The molecule has 0 amide bonds. The maximum Gasteiger partial charge on any atom is 0.0216 e. The van der Waals surface area contributed by atoms with E-state index in [2.05, 4.69) is 31.5 Å². The van der Waals surface area contributed by atoms with Crippen LogP contribution in [0.1, 0.15) is 56.0 Å². The maximum absolute atomic E-state index is 3.53. The molecule has 0 bridgehead atoms. The maximum atomic E-state index is 3.53. The van der Waals surface area contributed by atoms with E-state index in [0.717, 1.165) is 13.1 Å². The molecule has 0 unspecified atom stereocenters. The van der Waals surface area contributed by atoms with Crippen LogP contribution in [0.4, 0.5) is 0 Å². The predicted octanol–water partition coefficient (Wildman–Crippen LogP) is 3.86. The van der Waals surface area contributed by atoms with Crippen LogP contribution in [0.2, 0.25) is 0 Å². The quantitative estimate of drug-likeness (QED) is 0.784. The molecule has 2 heteroatoms. The van der Waals surface area contributed by atoms with Crippen molar-refractivity contribution in [2.75, 3.05) is 6.54 Å². The van der Waals surface area contributed by atoms with Crippen LogP contribution in [-0.2, 0) is 18.4 Å². The third-order valence-electron chi connectivity index (χ3n) is 3.57. The fourth-order valence-corrected chi connectivity index (χ4v) is 4.05. The second-order valence-electron chi connectivity index (χ2n) is 5.47. The lowest BCUT2D eigenvalue weighted by atomic mass is 9.74. The summed E-state index contributed by atoms with van der Waals surface area (Å²) in [7, 11) is 0. The Morgan fingerprint density at radius 1 is 1.44 bits per heavy atom. The molecule has 1 aromatic rings. The zero-order chi connectivity index (χ0) is 11.6. The number of hydrogen-bond donors (Lipinski definition) is 1. The van der Waals surface area contributed by atoms with Crippen LogP contribution in [-0.4, -0.2) is 6.54 Å². The largest absolute Gasteiger partial charge is 0.313 e. The summed E-state index contributed by atoms with van der Waals surface area (Å²) < 4.78 is 0. The molecule has 1 nitrogen and oxygen atoms in total. The van der Waals surface area contributed by atoms with Crippen molar-refractivity contribution in [1.82, 2.24) is 5.32 Å². The highest BCUT2D eigenvalue weighted by Gasteiger charge is 2.30. The topological polar surface area (TPSA) is 12.0 Å². The van der Waals surface area contributed by atoms with Gasteiger partial charge in [0.1, 0.15) is 0 Å². The Morgan fingerprint density at radius 3 is 3.00 bits per heavy atom. The van der Waals surface area contributed by atoms with Gasteiger partial charge in [-0.05, 0) is 54.1 Å². The first-order valence-corrected chi connectivity index (χ1v) is 7.33. The van der Waals surface area contributed by atoms with Crippen LogP contribution in [0.15, 0.2) is 5.38 Å². The molecule has 1 aliphatic rings. The molecular formula is C14H23NS. The SMILES string of the molecule is CCCNCc1csc2c1C(C)(C)CCC2. The van der Waals surface area contributed by atoms with E-state index in [-0.39, 0.29) is 0 Å². The average molecular weight is 237 g/mol. The lowest BCUT2D eigenvalue weighted by molar-refractivity contribution is 0.431. The van der Waals surface area contributed by atoms with Crippen molar-refractivity contribution in [3.63, 3.8) is 0 Å². The number of aryl methyl sites for hydroxylation is 1. The third kappa shape index (κ3) is 2.33. The Kier molecular flexibility index (Phi) is 3.70. The van der Waals surface area contributed by atoms with Crippen molar-refractivity contribution in [2.24, 2.45) is 0 Å². The Hall–Kier alpha value is -0.340. The molecule has 1 N–H and O–H groups in total. The summed E-state index contributed by atoms with van der Waals surface area (Å²) in [6.45, 7) is 9.22. The van der Waals surface area contributed by atoms with Gasteiger partial charge in [-0.25, -0.2) is 0 Å². The van der Waals surface area contributed by atoms with E-state index in [1.54, 1.807) is 16.0 Å². The molecule has 0 atom stereocenters. The van der Waals surface area contributed by atoms with E-state index in [1.807, 2.05) is 11.3 Å². The van der Waals surface area contributed by atoms with Crippen molar-refractivity contribution in [2.45, 2.75) is 58.4 Å². The first-order chi connectivity index (χ1) is 7.65. The first kappa shape index (κ1) is 12.1. The summed E-state index contributed by atoms with van der Waals surface area (Å²) in [5.41, 5.74) is 3.61. The van der Waals surface area contributed by atoms with E-state index in [1.165, 1.54) is 25.7 Å². The van der Waals surface area contributed by atoms with Crippen molar-refractivity contribution < 1.29 is 0 Å². The molecule has 0 saturated heterocycles. The van der Waals surface area contributed by atoms with Crippen molar-refractivity contribution in [3.05, 3.63) is 21.4 Å². The van der Waals surface area contributed by atoms with Crippen LogP contribution < -0.4 is 5.32 Å². The van der Waals surface area contributed by atoms with Crippen LogP contribution in [0, 0.1) is 0 Å². The van der Waals surface area contributed by atoms with Crippen molar-refractivity contribution >= 4 is 11.3 Å². The van der Waals surface area contributed by atoms with Crippen LogP contribution in [0.3, 0.4) is 0 Å². The lowest BCUT2D eigenvalue weighted by Crippen LogP contribution is -2.25. The number of fused-ring (bicyclic) bond motifs is 1. The fraction of sp³-hybridized carbons (Fsp3) is 0.714. The Morgan fingerprint density at radius 2 is 2.25 bits per heavy atom. The van der Waals surface area contributed by atoms with E-state index < -0.39 is 0 Å². The standard InChI is InChI=1S/C14H23NS/c1-4-8-15-9-11-10-16-12-6-5-7-14(2,3)13(11)12/h10,15H,4-9H2,1-3H3. The molecule has 2 rings (SSSR count). The zero-order valence-electron chi connectivity index (χ0n) is 10.7. The summed E-state index contributed by atoms with van der Waals surface area (Å²) in [6.07, 6.45) is 5.23. The van der Waals surface area contributed by atoms with Gasteiger partial charge >= 0.3 is 0 Å². The van der Waals surface area contributed by atoms with Crippen LogP contribution in [0.25, 0.3) is 0 Å². The second kappa shape index (κ2) is 4.89. The molecule has 1 aliphatic carbocycles. The third-order valence-corrected chi connectivity index (χ3v) is 4.66. The van der Waals surface area contributed by atoms with E-state index in [4.69, 9.17) is 0 Å². The highest BCUT2D eigenvalue weighted by atomic mass is 32.1. The van der Waals surface area contributed by atoms with Gasteiger partial charge in [-0.3, -0.25) is 0 Å². The molecular weight excluding hydrogens is 214 g/mol. The van der Waals surface area contributed by atoms with E-state index >= 15 is 0 Å². The van der Waals surface area contributed by atoms with Gasteiger partial charge in [-0.1, -0.05) is 20.8 Å². The smallest absolute Gasteiger partial charge is 0.0216 e. The van der Waals surface area contributed by atoms with Crippen LogP contribution in [0.5, 0.6) is 0 Å². The molecule has 0 saturated carbocycles. The highest BCUT2D eigenvalue weighted by molar-refractivity contribution is 7.10. The lowest BCUT2D eigenvalue weighted by Gasteiger charge is -2.31. The van der Waals surface area contributed by atoms with Gasteiger partial charge in [0.15, 0.2) is 0 Å². The monoisotopic (exact) mass is 237 g/mol. The number of rotatable bonds is 4. The normalized spacial score (nSPS) is 18.4. The highest BCUT2D eigenvalue weighted by Crippen LogP contribution is 2.41. The van der Waals surface area contributed by atoms with Crippen LogP contribution >= 0.6 is 11.3 Å². The molecule has 90 valence electrons. The summed E-state index contributed by atoms with van der Waals surface area (Å²) in [5.74, 6) is 0. The number of hydrogen-bond acceptors (Lipinski definition) is 2. The molecule has 1 heterocycles. The van der Waals surface area contributed by atoms with Gasteiger partial charge in [0.25, 0.3) is 0 Å². The van der Waals surface area contributed by atoms with Gasteiger partial charge < -0.3 is 5.32 Å². The Balaban J connectivity index is 2.18. The fourth-order valence-electron chi connectivity index (χ4n) is 2.78. The summed E-state index contributed by atoms with van der Waals surface area (Å²) >= 11 is 1.97. The summed E-state index contributed by atoms with van der Waals surface area (Å²) in [5, 5.41) is 5.91. The Labute approximate surface area is 103 Å². The molecule has 0 aliphatic heterocycles. The molecule has 0 spiro atoms. The molecule has 0 radical (unpaired) electrons. The predicted molar refractivity (Wildman–Crippen MR) is 72.3 cm³/mol. The molecule has 0 fully saturated rings. The van der Waals surface area contributed by atoms with Crippen molar-refractivity contribution in [3.8, 4) is 0 Å². The Bertz CT molecular complexity index is 352. The summed E-state index contributed by atoms with van der Waals surface area (Å²) in [6, 6.07) is 0. The zero-order valence-corrected chi connectivity index (χ0v) is 11.5. The van der Waals surface area contributed by atoms with Crippen molar-refractivity contribution in [1.29, 1.82) is 0 Å². The first-order valence-electron chi connectivity index (χ1n) is 6.45. The van der Waals surface area contributed by atoms with Gasteiger partial charge in [0.2, 0.25) is 0 Å².